The van der Waals surface area contributed by atoms with Gasteiger partial charge in [-0.2, -0.15) is 0 Å². The van der Waals surface area contributed by atoms with Crippen molar-refractivity contribution in [2.24, 2.45) is 11.3 Å². The molecule has 0 radical (unpaired) electrons. The molecule has 1 nitrogen and oxygen atoms in total. The highest BCUT2D eigenvalue weighted by molar-refractivity contribution is 4.85. The molecule has 0 spiro atoms. The van der Waals surface area contributed by atoms with Crippen molar-refractivity contribution in [1.82, 2.24) is 0 Å². The molecule has 96 valence electrons. The summed E-state index contributed by atoms with van der Waals surface area (Å²) in [5, 5.41) is 0. The maximum Gasteiger partial charge on any atom is 0.103 e. The van der Waals surface area contributed by atoms with Crippen LogP contribution in [0.3, 0.4) is 0 Å². The van der Waals surface area contributed by atoms with Crippen LogP contribution < -0.4 is 0 Å². The van der Waals surface area contributed by atoms with E-state index in [9.17, 15) is 4.39 Å². The Hall–Kier alpha value is -0.370. The normalized spacial score (nSPS) is 18.8. The van der Waals surface area contributed by atoms with Gasteiger partial charge >= 0.3 is 0 Å². The van der Waals surface area contributed by atoms with Gasteiger partial charge in [-0.3, -0.25) is 0 Å². The van der Waals surface area contributed by atoms with Crippen molar-refractivity contribution < 1.29 is 9.13 Å². The molecule has 0 heterocycles. The number of unbranched alkanes of at least 4 members (excludes halogenated alkanes) is 1. The average molecular weight is 230 g/mol. The molecule has 0 saturated heterocycles. The Labute approximate surface area is 100 Å². The molecule has 0 amide bonds. The molecule has 0 unspecified atom stereocenters. The van der Waals surface area contributed by atoms with Gasteiger partial charge in [-0.15, -0.1) is 6.58 Å². The molecule has 0 aliphatic heterocycles. The van der Waals surface area contributed by atoms with Crippen molar-refractivity contribution in [3.63, 3.8) is 0 Å². The van der Waals surface area contributed by atoms with Crippen molar-refractivity contribution in [1.29, 1.82) is 0 Å². The van der Waals surface area contributed by atoms with Gasteiger partial charge in [-0.25, -0.2) is 4.39 Å². The second-order valence-electron chi connectivity index (χ2n) is 4.98. The zero-order valence-corrected chi connectivity index (χ0v) is 11.3. The zero-order chi connectivity index (χ0) is 12.6. The van der Waals surface area contributed by atoms with Gasteiger partial charge in [0.25, 0.3) is 0 Å². The number of hydrogen-bond acceptors (Lipinski definition) is 1. The van der Waals surface area contributed by atoms with E-state index in [1.165, 1.54) is 0 Å². The van der Waals surface area contributed by atoms with E-state index in [0.717, 1.165) is 19.3 Å². The minimum absolute atomic E-state index is 0.0438. The molecule has 0 fully saturated rings. The fraction of sp³-hybridized carbons (Fsp3) is 0.857. The number of hydrogen-bond donors (Lipinski definition) is 0. The summed E-state index contributed by atoms with van der Waals surface area (Å²) in [5.74, 6) is 0.0438. The lowest BCUT2D eigenvalue weighted by Gasteiger charge is -2.37. The largest absolute Gasteiger partial charge is 0.384 e. The van der Waals surface area contributed by atoms with E-state index in [2.05, 4.69) is 13.5 Å². The number of ether oxygens (including phenoxy) is 1. The summed E-state index contributed by atoms with van der Waals surface area (Å²) in [6.45, 7) is 10.4. The summed E-state index contributed by atoms with van der Waals surface area (Å²) in [6.07, 6.45) is 4.82. The van der Waals surface area contributed by atoms with Crippen LogP contribution in [0.4, 0.5) is 4.39 Å². The standard InChI is InChI=1S/C14H27FO/c1-6-8-9-10-14(4,11-16-5)12(3)13(15)7-2/h6,12-13H,1,7-11H2,2-5H3/t12-,13-,14-/m1/s1. The average Bonchev–Trinajstić information content (AvgIpc) is 2.27. The Bertz CT molecular complexity index is 193. The van der Waals surface area contributed by atoms with Crippen LogP contribution in [0.5, 0.6) is 0 Å². The monoisotopic (exact) mass is 230 g/mol. The zero-order valence-electron chi connectivity index (χ0n) is 11.3. The highest BCUT2D eigenvalue weighted by atomic mass is 19.1. The van der Waals surface area contributed by atoms with Crippen LogP contribution in [-0.2, 0) is 4.74 Å². The highest BCUT2D eigenvalue weighted by Crippen LogP contribution is 2.37. The van der Waals surface area contributed by atoms with Crippen molar-refractivity contribution in [2.75, 3.05) is 13.7 Å². The quantitative estimate of drug-likeness (QED) is 0.422. The Balaban J connectivity index is 4.45. The fourth-order valence-corrected chi connectivity index (χ4v) is 2.20. The second-order valence-corrected chi connectivity index (χ2v) is 4.98. The third-order valence-corrected chi connectivity index (χ3v) is 3.66. The smallest absolute Gasteiger partial charge is 0.103 e. The molecule has 0 bridgehead atoms. The summed E-state index contributed by atoms with van der Waals surface area (Å²) >= 11 is 0. The molecule has 2 heteroatoms. The summed E-state index contributed by atoms with van der Waals surface area (Å²) in [7, 11) is 1.69. The van der Waals surface area contributed by atoms with Crippen LogP contribution in [0.25, 0.3) is 0 Å². The Morgan fingerprint density at radius 2 is 2.12 bits per heavy atom. The van der Waals surface area contributed by atoms with Crippen molar-refractivity contribution in [3.05, 3.63) is 12.7 Å². The number of allylic oxidation sites excluding steroid dienone is 1. The van der Waals surface area contributed by atoms with Crippen LogP contribution in [-0.4, -0.2) is 19.9 Å². The third-order valence-electron chi connectivity index (χ3n) is 3.66. The first-order valence-corrected chi connectivity index (χ1v) is 6.25. The first kappa shape index (κ1) is 15.6. The summed E-state index contributed by atoms with van der Waals surface area (Å²) < 4.78 is 19.0. The van der Waals surface area contributed by atoms with Crippen LogP contribution >= 0.6 is 0 Å². The number of methoxy groups -OCH3 is 1. The lowest BCUT2D eigenvalue weighted by molar-refractivity contribution is 0.00839. The SMILES string of the molecule is C=CCCC[C@](C)(COC)[C@H](C)[C@H](F)CC. The van der Waals surface area contributed by atoms with Crippen LogP contribution in [0.15, 0.2) is 12.7 Å². The van der Waals surface area contributed by atoms with Gasteiger partial charge < -0.3 is 4.74 Å². The summed E-state index contributed by atoms with van der Waals surface area (Å²) in [6, 6.07) is 0. The van der Waals surface area contributed by atoms with E-state index < -0.39 is 6.17 Å². The predicted molar refractivity (Wildman–Crippen MR) is 68.4 cm³/mol. The molecule has 0 N–H and O–H groups in total. The fourth-order valence-electron chi connectivity index (χ4n) is 2.20. The van der Waals surface area contributed by atoms with Gasteiger partial charge in [-0.1, -0.05) is 26.8 Å². The van der Waals surface area contributed by atoms with E-state index in [4.69, 9.17) is 4.74 Å². The first-order chi connectivity index (χ1) is 7.51. The Kier molecular flexibility index (Phi) is 7.65. The van der Waals surface area contributed by atoms with Crippen molar-refractivity contribution >= 4 is 0 Å². The van der Waals surface area contributed by atoms with E-state index >= 15 is 0 Å². The third kappa shape index (κ3) is 4.65. The minimum Gasteiger partial charge on any atom is -0.384 e. The molecule has 0 rings (SSSR count). The van der Waals surface area contributed by atoms with Gasteiger partial charge in [0.1, 0.15) is 6.17 Å². The molecule has 16 heavy (non-hydrogen) atoms. The number of rotatable bonds is 9. The van der Waals surface area contributed by atoms with E-state index in [1.54, 1.807) is 7.11 Å². The van der Waals surface area contributed by atoms with Gasteiger partial charge in [0.05, 0.1) is 6.61 Å². The minimum atomic E-state index is -0.733. The molecule has 0 aromatic carbocycles. The molecule has 0 aromatic heterocycles. The van der Waals surface area contributed by atoms with E-state index in [0.29, 0.717) is 13.0 Å². The Morgan fingerprint density at radius 3 is 2.56 bits per heavy atom. The summed E-state index contributed by atoms with van der Waals surface area (Å²) in [4.78, 5) is 0. The Morgan fingerprint density at radius 1 is 1.50 bits per heavy atom. The molecular formula is C14H27FO. The van der Waals surface area contributed by atoms with Gasteiger partial charge in [0.15, 0.2) is 0 Å². The maximum absolute atomic E-state index is 13.8. The first-order valence-electron chi connectivity index (χ1n) is 6.25. The maximum atomic E-state index is 13.8. The van der Waals surface area contributed by atoms with Crippen LogP contribution in [0, 0.1) is 11.3 Å². The predicted octanol–water partition coefficient (Wildman–Crippen LogP) is 4.38. The van der Waals surface area contributed by atoms with Crippen molar-refractivity contribution in [3.8, 4) is 0 Å². The lowest BCUT2D eigenvalue weighted by Crippen LogP contribution is -2.36. The molecule has 3 atom stereocenters. The van der Waals surface area contributed by atoms with Crippen LogP contribution in [0.2, 0.25) is 0 Å². The van der Waals surface area contributed by atoms with E-state index in [-0.39, 0.29) is 11.3 Å². The van der Waals surface area contributed by atoms with Crippen molar-refractivity contribution in [2.45, 2.75) is 52.6 Å². The van der Waals surface area contributed by atoms with Gasteiger partial charge in [-0.05, 0) is 37.0 Å². The number of alkyl halides is 1. The number of halogens is 1. The van der Waals surface area contributed by atoms with E-state index in [1.807, 2.05) is 19.9 Å². The van der Waals surface area contributed by atoms with Gasteiger partial charge in [0, 0.05) is 7.11 Å². The topological polar surface area (TPSA) is 9.23 Å². The molecular weight excluding hydrogens is 203 g/mol. The molecule has 0 aromatic rings. The highest BCUT2D eigenvalue weighted by Gasteiger charge is 2.35. The second kappa shape index (κ2) is 7.83. The molecule has 0 aliphatic rings. The molecule has 0 aliphatic carbocycles. The van der Waals surface area contributed by atoms with Crippen LogP contribution in [0.1, 0.15) is 46.5 Å². The summed E-state index contributed by atoms with van der Waals surface area (Å²) in [5.41, 5.74) is -0.0623. The molecule has 0 saturated carbocycles. The lowest BCUT2D eigenvalue weighted by atomic mass is 9.72. The van der Waals surface area contributed by atoms with Gasteiger partial charge in [0.2, 0.25) is 0 Å².